The Hall–Kier alpha value is -1.14. The van der Waals surface area contributed by atoms with Crippen LogP contribution in [0.3, 0.4) is 0 Å². The summed E-state index contributed by atoms with van der Waals surface area (Å²) in [5.41, 5.74) is -0.392. The summed E-state index contributed by atoms with van der Waals surface area (Å²) in [6, 6.07) is 4.49. The van der Waals surface area contributed by atoms with Crippen molar-refractivity contribution in [3.63, 3.8) is 0 Å². The van der Waals surface area contributed by atoms with Crippen LogP contribution in [-0.2, 0) is 9.31 Å². The molecule has 0 spiro atoms. The lowest BCUT2D eigenvalue weighted by Crippen LogP contribution is -2.41. The highest BCUT2D eigenvalue weighted by molar-refractivity contribution is 6.62. The maximum absolute atomic E-state index is 12.8. The van der Waals surface area contributed by atoms with Crippen LogP contribution in [0.5, 0.6) is 5.75 Å². The molecule has 110 valence electrons. The van der Waals surface area contributed by atoms with Crippen LogP contribution in [0, 0.1) is 0 Å². The van der Waals surface area contributed by atoms with Crippen molar-refractivity contribution >= 4 is 12.6 Å². The van der Waals surface area contributed by atoms with Crippen molar-refractivity contribution in [2.75, 3.05) is 7.11 Å². The van der Waals surface area contributed by atoms with Crippen molar-refractivity contribution < 1.29 is 22.8 Å². The molecular weight excluding hydrogens is 265 g/mol. The van der Waals surface area contributed by atoms with E-state index in [1.165, 1.54) is 13.2 Å². The SMILES string of the molecule is COc1cc(B2OC(C)(C)C(C)(C)O2)ccc1C(F)F. The predicted molar refractivity (Wildman–Crippen MR) is 73.7 cm³/mol. The van der Waals surface area contributed by atoms with Gasteiger partial charge in [-0.1, -0.05) is 6.07 Å². The molecule has 3 nitrogen and oxygen atoms in total. The van der Waals surface area contributed by atoms with Crippen LogP contribution < -0.4 is 10.2 Å². The van der Waals surface area contributed by atoms with Gasteiger partial charge in [0, 0.05) is 0 Å². The largest absolute Gasteiger partial charge is 0.496 e. The lowest BCUT2D eigenvalue weighted by molar-refractivity contribution is 0.00578. The first-order valence-corrected chi connectivity index (χ1v) is 6.49. The molecule has 0 atom stereocenters. The third-order valence-corrected chi connectivity index (χ3v) is 4.02. The molecule has 1 saturated heterocycles. The molecule has 0 bridgehead atoms. The Morgan fingerprint density at radius 1 is 1.10 bits per heavy atom. The summed E-state index contributed by atoms with van der Waals surface area (Å²) >= 11 is 0. The molecule has 0 radical (unpaired) electrons. The molecule has 0 amide bonds. The molecule has 20 heavy (non-hydrogen) atoms. The van der Waals surface area contributed by atoms with Crippen LogP contribution in [0.1, 0.15) is 39.7 Å². The second-order valence-electron chi connectivity index (χ2n) is 5.89. The summed E-state index contributed by atoms with van der Waals surface area (Å²) in [4.78, 5) is 0. The number of benzene rings is 1. The fourth-order valence-corrected chi connectivity index (χ4v) is 2.03. The molecule has 1 heterocycles. The fourth-order valence-electron chi connectivity index (χ4n) is 2.03. The van der Waals surface area contributed by atoms with Crippen molar-refractivity contribution in [3.05, 3.63) is 23.8 Å². The number of alkyl halides is 2. The van der Waals surface area contributed by atoms with Gasteiger partial charge < -0.3 is 14.0 Å². The van der Waals surface area contributed by atoms with Gasteiger partial charge in [0.1, 0.15) is 5.75 Å². The number of hydrogen-bond donors (Lipinski definition) is 0. The van der Waals surface area contributed by atoms with Crippen molar-refractivity contribution in [1.82, 2.24) is 0 Å². The summed E-state index contributed by atoms with van der Waals surface area (Å²) in [5.74, 6) is 0.146. The molecule has 0 unspecified atom stereocenters. The maximum Gasteiger partial charge on any atom is 0.494 e. The first-order valence-electron chi connectivity index (χ1n) is 6.49. The van der Waals surface area contributed by atoms with Crippen LogP contribution in [-0.4, -0.2) is 25.4 Å². The monoisotopic (exact) mass is 284 g/mol. The van der Waals surface area contributed by atoms with Crippen molar-refractivity contribution in [3.8, 4) is 5.75 Å². The van der Waals surface area contributed by atoms with E-state index in [-0.39, 0.29) is 11.3 Å². The van der Waals surface area contributed by atoms with Gasteiger partial charge in [-0.2, -0.15) is 0 Å². The van der Waals surface area contributed by atoms with E-state index in [0.717, 1.165) is 0 Å². The Balaban J connectivity index is 2.32. The van der Waals surface area contributed by atoms with Crippen LogP contribution in [0.2, 0.25) is 0 Å². The Morgan fingerprint density at radius 3 is 2.10 bits per heavy atom. The quantitative estimate of drug-likeness (QED) is 0.799. The van der Waals surface area contributed by atoms with Crippen LogP contribution in [0.15, 0.2) is 18.2 Å². The third-order valence-electron chi connectivity index (χ3n) is 4.02. The average Bonchev–Trinajstić information content (AvgIpc) is 2.57. The normalized spacial score (nSPS) is 20.5. The van der Waals surface area contributed by atoms with Gasteiger partial charge in [0.05, 0.1) is 23.9 Å². The summed E-state index contributed by atoms with van der Waals surface area (Å²) in [5, 5.41) is 0. The Labute approximate surface area is 118 Å². The minimum atomic E-state index is -2.57. The summed E-state index contributed by atoms with van der Waals surface area (Å²) in [6.07, 6.45) is -2.57. The van der Waals surface area contributed by atoms with Crippen molar-refractivity contribution in [2.24, 2.45) is 0 Å². The Morgan fingerprint density at radius 2 is 1.65 bits per heavy atom. The maximum atomic E-state index is 12.8. The highest BCUT2D eigenvalue weighted by atomic mass is 19.3. The molecule has 6 heteroatoms. The second kappa shape index (κ2) is 5.00. The number of methoxy groups -OCH3 is 1. The predicted octanol–water partition coefficient (Wildman–Crippen LogP) is 2.93. The summed E-state index contributed by atoms with van der Waals surface area (Å²) < 4.78 is 42.4. The van der Waals surface area contributed by atoms with E-state index in [1.807, 2.05) is 27.7 Å². The molecule has 1 aliphatic heterocycles. The first kappa shape index (κ1) is 15.3. The number of rotatable bonds is 3. The average molecular weight is 284 g/mol. The van der Waals surface area contributed by atoms with Gasteiger partial charge in [0.2, 0.25) is 0 Å². The van der Waals surface area contributed by atoms with E-state index in [2.05, 4.69) is 0 Å². The van der Waals surface area contributed by atoms with Gasteiger partial charge in [-0.05, 0) is 45.3 Å². The minimum Gasteiger partial charge on any atom is -0.496 e. The van der Waals surface area contributed by atoms with E-state index in [9.17, 15) is 8.78 Å². The van der Waals surface area contributed by atoms with Gasteiger partial charge >= 0.3 is 7.12 Å². The molecule has 2 rings (SSSR count). The minimum absolute atomic E-state index is 0.132. The van der Waals surface area contributed by atoms with Crippen LogP contribution >= 0.6 is 0 Å². The lowest BCUT2D eigenvalue weighted by Gasteiger charge is -2.32. The van der Waals surface area contributed by atoms with Gasteiger partial charge in [-0.15, -0.1) is 0 Å². The highest BCUT2D eigenvalue weighted by Crippen LogP contribution is 2.37. The molecule has 0 N–H and O–H groups in total. The standard InChI is InChI=1S/C14H19BF2O3/c1-13(2)14(3,4)20-15(19-13)9-6-7-10(12(16)17)11(8-9)18-5/h6-8,12H,1-5H3. The van der Waals surface area contributed by atoms with E-state index < -0.39 is 24.7 Å². The van der Waals surface area contributed by atoms with Gasteiger partial charge in [-0.3, -0.25) is 0 Å². The van der Waals surface area contributed by atoms with Crippen LogP contribution in [0.25, 0.3) is 0 Å². The molecule has 1 aromatic rings. The fraction of sp³-hybridized carbons (Fsp3) is 0.571. The topological polar surface area (TPSA) is 27.7 Å². The molecule has 1 aromatic carbocycles. The lowest BCUT2D eigenvalue weighted by atomic mass is 9.78. The van der Waals surface area contributed by atoms with E-state index in [0.29, 0.717) is 5.46 Å². The van der Waals surface area contributed by atoms with Gasteiger partial charge in [0.25, 0.3) is 6.43 Å². The molecule has 0 saturated carbocycles. The highest BCUT2D eigenvalue weighted by Gasteiger charge is 2.51. The van der Waals surface area contributed by atoms with Crippen LogP contribution in [0.4, 0.5) is 8.78 Å². The number of hydrogen-bond acceptors (Lipinski definition) is 3. The molecular formula is C14H19BF2O3. The first-order chi connectivity index (χ1) is 9.18. The zero-order valence-electron chi connectivity index (χ0n) is 12.4. The van der Waals surface area contributed by atoms with Crippen molar-refractivity contribution in [1.29, 1.82) is 0 Å². The molecule has 0 aromatic heterocycles. The van der Waals surface area contributed by atoms with E-state index in [4.69, 9.17) is 14.0 Å². The van der Waals surface area contributed by atoms with Gasteiger partial charge in [0.15, 0.2) is 0 Å². The molecule has 1 fully saturated rings. The molecule has 1 aliphatic rings. The second-order valence-corrected chi connectivity index (χ2v) is 5.89. The third kappa shape index (κ3) is 2.54. The Kier molecular flexibility index (Phi) is 3.82. The zero-order chi connectivity index (χ0) is 15.1. The Bertz CT molecular complexity index is 487. The molecule has 0 aliphatic carbocycles. The number of ether oxygens (including phenoxy) is 1. The number of halogens is 2. The summed E-state index contributed by atoms with van der Waals surface area (Å²) in [7, 11) is 0.788. The summed E-state index contributed by atoms with van der Waals surface area (Å²) in [6.45, 7) is 7.77. The van der Waals surface area contributed by atoms with E-state index in [1.54, 1.807) is 12.1 Å². The van der Waals surface area contributed by atoms with Gasteiger partial charge in [-0.25, -0.2) is 8.78 Å². The smallest absolute Gasteiger partial charge is 0.494 e. The van der Waals surface area contributed by atoms with E-state index >= 15 is 0 Å². The van der Waals surface area contributed by atoms with Crippen molar-refractivity contribution in [2.45, 2.75) is 45.3 Å². The zero-order valence-corrected chi connectivity index (χ0v) is 12.4.